The van der Waals surface area contributed by atoms with Crippen LogP contribution in [-0.4, -0.2) is 26.1 Å². The summed E-state index contributed by atoms with van der Waals surface area (Å²) in [5, 5.41) is 4.29. The quantitative estimate of drug-likeness (QED) is 0.919. The molecule has 2 N–H and O–H groups in total. The molecule has 6 nitrogen and oxygen atoms in total. The van der Waals surface area contributed by atoms with Gasteiger partial charge in [0, 0.05) is 13.0 Å². The number of para-hydroxylation sites is 2. The lowest BCUT2D eigenvalue weighted by molar-refractivity contribution is -0.117. The van der Waals surface area contributed by atoms with E-state index in [0.29, 0.717) is 17.2 Å². The van der Waals surface area contributed by atoms with Crippen molar-refractivity contribution in [3.05, 3.63) is 54.1 Å². The molecule has 1 heterocycles. The first-order chi connectivity index (χ1) is 11.3. The number of amides is 1. The number of anilines is 1. The molecular formula is C17H18N2O4S. The Morgan fingerprint density at radius 3 is 2.58 bits per heavy atom. The largest absolute Gasteiger partial charge is 0.455 e. The molecule has 0 radical (unpaired) electrons. The number of aryl methyl sites for hydroxylation is 1. The van der Waals surface area contributed by atoms with Crippen molar-refractivity contribution in [3.63, 3.8) is 0 Å². The van der Waals surface area contributed by atoms with E-state index in [1.54, 1.807) is 24.3 Å². The average Bonchev–Trinajstić information content (AvgIpc) is 2.90. The van der Waals surface area contributed by atoms with E-state index >= 15 is 0 Å². The van der Waals surface area contributed by atoms with Crippen molar-refractivity contribution in [1.82, 2.24) is 0 Å². The monoisotopic (exact) mass is 346 g/mol. The Kier molecular flexibility index (Phi) is 4.29. The van der Waals surface area contributed by atoms with Crippen LogP contribution in [0.5, 0.6) is 11.5 Å². The van der Waals surface area contributed by atoms with Crippen molar-refractivity contribution in [1.29, 1.82) is 0 Å². The van der Waals surface area contributed by atoms with E-state index in [9.17, 15) is 13.2 Å². The van der Waals surface area contributed by atoms with Crippen LogP contribution >= 0.6 is 0 Å². The van der Waals surface area contributed by atoms with Crippen LogP contribution in [0.3, 0.4) is 0 Å². The van der Waals surface area contributed by atoms with Crippen LogP contribution in [-0.2, 0) is 14.8 Å². The van der Waals surface area contributed by atoms with Gasteiger partial charge in [0.2, 0.25) is 15.9 Å². The standard InChI is InChI=1S/C17H18N2O4S/c1-12-5-4-6-13(9-12)23-16-8-3-2-7-15(16)19-11-14(10-17(19)20)24(18,21)22/h2-9,14H,10-11H2,1H3,(H2,18,21,22). The number of carbonyl (C=O) groups excluding carboxylic acids is 1. The highest BCUT2D eigenvalue weighted by Crippen LogP contribution is 2.35. The molecular weight excluding hydrogens is 328 g/mol. The van der Waals surface area contributed by atoms with E-state index in [2.05, 4.69) is 0 Å². The van der Waals surface area contributed by atoms with E-state index < -0.39 is 15.3 Å². The maximum atomic E-state index is 12.2. The molecule has 1 saturated heterocycles. The summed E-state index contributed by atoms with van der Waals surface area (Å²) >= 11 is 0. The first-order valence-corrected chi connectivity index (χ1v) is 9.11. The van der Waals surface area contributed by atoms with Crippen LogP contribution in [0.1, 0.15) is 12.0 Å². The van der Waals surface area contributed by atoms with Gasteiger partial charge in [0.1, 0.15) is 11.0 Å². The molecule has 0 spiro atoms. The first kappa shape index (κ1) is 16.5. The normalized spacial score (nSPS) is 18.0. The predicted octanol–water partition coefficient (Wildman–Crippen LogP) is 2.18. The third-order valence-corrected chi connectivity index (χ3v) is 5.17. The summed E-state index contributed by atoms with van der Waals surface area (Å²) in [6, 6.07) is 14.6. The lowest BCUT2D eigenvalue weighted by Gasteiger charge is -2.20. The van der Waals surface area contributed by atoms with E-state index in [0.717, 1.165) is 5.56 Å². The fourth-order valence-corrected chi connectivity index (χ4v) is 3.43. The van der Waals surface area contributed by atoms with E-state index in [1.165, 1.54) is 4.90 Å². The Bertz CT molecular complexity index is 880. The number of benzene rings is 2. The molecule has 3 rings (SSSR count). The highest BCUT2D eigenvalue weighted by Gasteiger charge is 2.38. The molecule has 0 saturated carbocycles. The number of sulfonamides is 1. The Labute approximate surface area is 140 Å². The number of hydrogen-bond donors (Lipinski definition) is 1. The second kappa shape index (κ2) is 6.26. The zero-order valence-corrected chi connectivity index (χ0v) is 14.0. The molecule has 1 unspecified atom stereocenters. The van der Waals surface area contributed by atoms with Gasteiger partial charge >= 0.3 is 0 Å². The minimum atomic E-state index is -3.76. The van der Waals surface area contributed by atoms with Gasteiger partial charge in [-0.1, -0.05) is 24.3 Å². The van der Waals surface area contributed by atoms with Crippen molar-refractivity contribution in [3.8, 4) is 11.5 Å². The topological polar surface area (TPSA) is 89.7 Å². The predicted molar refractivity (Wildman–Crippen MR) is 91.6 cm³/mol. The summed E-state index contributed by atoms with van der Waals surface area (Å²) in [5.41, 5.74) is 1.59. The molecule has 1 aliphatic heterocycles. The molecule has 1 atom stereocenters. The number of primary sulfonamides is 1. The maximum Gasteiger partial charge on any atom is 0.228 e. The summed E-state index contributed by atoms with van der Waals surface area (Å²) in [6.45, 7) is 1.99. The summed E-state index contributed by atoms with van der Waals surface area (Å²) in [4.78, 5) is 13.7. The van der Waals surface area contributed by atoms with Gasteiger partial charge < -0.3 is 9.64 Å². The zero-order chi connectivity index (χ0) is 17.3. The minimum Gasteiger partial charge on any atom is -0.455 e. The summed E-state index contributed by atoms with van der Waals surface area (Å²) in [5.74, 6) is 0.859. The van der Waals surface area contributed by atoms with Gasteiger partial charge in [0.25, 0.3) is 0 Å². The van der Waals surface area contributed by atoms with E-state index in [4.69, 9.17) is 9.88 Å². The third-order valence-electron chi connectivity index (χ3n) is 3.93. The number of nitrogens with two attached hydrogens (primary N) is 1. The van der Waals surface area contributed by atoms with Crippen molar-refractivity contribution >= 4 is 21.6 Å². The summed E-state index contributed by atoms with van der Waals surface area (Å²) in [6.07, 6.45) is -0.113. The van der Waals surface area contributed by atoms with Crippen molar-refractivity contribution in [2.75, 3.05) is 11.4 Å². The average molecular weight is 346 g/mol. The molecule has 24 heavy (non-hydrogen) atoms. The fourth-order valence-electron chi connectivity index (χ4n) is 2.70. The summed E-state index contributed by atoms with van der Waals surface area (Å²) in [7, 11) is -3.76. The second-order valence-electron chi connectivity index (χ2n) is 5.81. The summed E-state index contributed by atoms with van der Waals surface area (Å²) < 4.78 is 29.0. The SMILES string of the molecule is Cc1cccc(Oc2ccccc2N2CC(S(N)(=O)=O)CC2=O)c1. The Balaban J connectivity index is 1.91. The van der Waals surface area contributed by atoms with Crippen molar-refractivity contribution in [2.24, 2.45) is 5.14 Å². The Morgan fingerprint density at radius 1 is 1.17 bits per heavy atom. The van der Waals surface area contributed by atoms with Gasteiger partial charge in [-0.25, -0.2) is 13.6 Å². The lowest BCUT2D eigenvalue weighted by Crippen LogP contribution is -2.32. The van der Waals surface area contributed by atoms with Crippen LogP contribution in [0.25, 0.3) is 0 Å². The van der Waals surface area contributed by atoms with Gasteiger partial charge in [0.15, 0.2) is 5.75 Å². The molecule has 2 aromatic carbocycles. The highest BCUT2D eigenvalue weighted by atomic mass is 32.2. The van der Waals surface area contributed by atoms with Gasteiger partial charge in [-0.3, -0.25) is 4.79 Å². The highest BCUT2D eigenvalue weighted by molar-refractivity contribution is 7.89. The smallest absolute Gasteiger partial charge is 0.228 e. The Hall–Kier alpha value is -2.38. The molecule has 0 aliphatic carbocycles. The molecule has 1 aliphatic rings. The Morgan fingerprint density at radius 2 is 1.92 bits per heavy atom. The number of nitrogens with zero attached hydrogens (tertiary/aromatic N) is 1. The van der Waals surface area contributed by atoms with E-state index in [1.807, 2.05) is 31.2 Å². The number of hydrogen-bond acceptors (Lipinski definition) is 4. The van der Waals surface area contributed by atoms with Crippen molar-refractivity contribution < 1.29 is 17.9 Å². The van der Waals surface area contributed by atoms with Gasteiger partial charge in [-0.15, -0.1) is 0 Å². The maximum absolute atomic E-state index is 12.2. The zero-order valence-electron chi connectivity index (χ0n) is 13.2. The lowest BCUT2D eigenvalue weighted by atomic mass is 10.2. The fraction of sp³-hybridized carbons (Fsp3) is 0.235. The number of ether oxygens (including phenoxy) is 1. The van der Waals surface area contributed by atoms with Crippen LogP contribution in [0, 0.1) is 6.92 Å². The molecule has 1 fully saturated rings. The molecule has 126 valence electrons. The number of rotatable bonds is 4. The second-order valence-corrected chi connectivity index (χ2v) is 7.65. The minimum absolute atomic E-state index is 0.0336. The van der Waals surface area contributed by atoms with Crippen LogP contribution in [0.15, 0.2) is 48.5 Å². The molecule has 2 aromatic rings. The van der Waals surface area contributed by atoms with Crippen molar-refractivity contribution in [2.45, 2.75) is 18.6 Å². The number of carbonyl (C=O) groups is 1. The third kappa shape index (κ3) is 3.42. The van der Waals surface area contributed by atoms with Gasteiger partial charge in [-0.2, -0.15) is 0 Å². The van der Waals surface area contributed by atoms with Crippen LogP contribution < -0.4 is 14.8 Å². The molecule has 0 aromatic heterocycles. The van der Waals surface area contributed by atoms with Crippen LogP contribution in [0.4, 0.5) is 5.69 Å². The van der Waals surface area contributed by atoms with Gasteiger partial charge in [-0.05, 0) is 36.8 Å². The molecule has 7 heteroatoms. The molecule has 1 amide bonds. The first-order valence-electron chi connectivity index (χ1n) is 7.50. The van der Waals surface area contributed by atoms with Crippen LogP contribution in [0.2, 0.25) is 0 Å². The molecule has 0 bridgehead atoms. The van der Waals surface area contributed by atoms with E-state index in [-0.39, 0.29) is 18.9 Å². The van der Waals surface area contributed by atoms with Gasteiger partial charge in [0.05, 0.1) is 5.69 Å².